The van der Waals surface area contributed by atoms with Crippen molar-refractivity contribution in [1.82, 2.24) is 0 Å². The minimum Gasteiger partial charge on any atom is -0.192 e. The molecule has 0 nitrogen and oxygen atoms in total. The van der Waals surface area contributed by atoms with Crippen LogP contribution in [0.3, 0.4) is 0 Å². The summed E-state index contributed by atoms with van der Waals surface area (Å²) < 4.78 is 24.9. The molecule has 0 aromatic carbocycles. The van der Waals surface area contributed by atoms with Gasteiger partial charge in [-0.3, -0.25) is 0 Å². The Labute approximate surface area is 73.4 Å². The Hall–Kier alpha value is -0.580. The average Bonchev–Trinajstić information content (AvgIpc) is 2.03. The summed E-state index contributed by atoms with van der Waals surface area (Å²) in [6.45, 7) is 4.00. The molecule has 0 saturated carbocycles. The Morgan fingerprint density at radius 1 is 1.08 bits per heavy atom. The summed E-state index contributed by atoms with van der Waals surface area (Å²) in [4.78, 5) is 0. The van der Waals surface area contributed by atoms with E-state index < -0.39 is 5.92 Å². The molecule has 0 bridgehead atoms. The van der Waals surface area contributed by atoms with Gasteiger partial charge in [0.1, 0.15) is 0 Å². The maximum Gasteiger partial charge on any atom is 0.308 e. The zero-order valence-corrected chi connectivity index (χ0v) is 7.79. The molecule has 0 atom stereocenters. The fourth-order valence-corrected chi connectivity index (χ4v) is 0.991. The van der Waals surface area contributed by atoms with E-state index in [0.29, 0.717) is 12.8 Å². The van der Waals surface area contributed by atoms with Crippen molar-refractivity contribution in [1.29, 1.82) is 0 Å². The van der Waals surface area contributed by atoms with Gasteiger partial charge in [-0.1, -0.05) is 26.2 Å². The molecule has 2 heteroatoms. The molecule has 1 aliphatic carbocycles. The Bertz CT molecular complexity index is 162. The molecule has 0 fully saturated rings. The van der Waals surface area contributed by atoms with Crippen molar-refractivity contribution in [3.05, 3.63) is 0 Å². The van der Waals surface area contributed by atoms with Crippen LogP contribution in [0.4, 0.5) is 8.78 Å². The summed E-state index contributed by atoms with van der Waals surface area (Å²) >= 11 is 0. The third-order valence-electron chi connectivity index (χ3n) is 1.56. The van der Waals surface area contributed by atoms with Gasteiger partial charge in [0.15, 0.2) is 0 Å². The quantitative estimate of drug-likeness (QED) is 0.492. The molecule has 0 radical (unpaired) electrons. The van der Waals surface area contributed by atoms with E-state index in [9.17, 15) is 8.78 Å². The first-order valence-electron chi connectivity index (χ1n) is 4.59. The van der Waals surface area contributed by atoms with Crippen LogP contribution in [0.15, 0.2) is 0 Å². The molecule has 0 aromatic rings. The molecule has 0 aliphatic heterocycles. The molecule has 0 unspecified atom stereocenters. The van der Waals surface area contributed by atoms with E-state index in [1.807, 2.05) is 19.8 Å². The summed E-state index contributed by atoms with van der Waals surface area (Å²) in [6, 6.07) is 0. The van der Waals surface area contributed by atoms with Gasteiger partial charge < -0.3 is 0 Å². The zero-order valence-electron chi connectivity index (χ0n) is 7.79. The van der Waals surface area contributed by atoms with Gasteiger partial charge in [-0.2, -0.15) is 8.78 Å². The molecule has 0 amide bonds. The highest BCUT2D eigenvalue weighted by atomic mass is 19.3. The van der Waals surface area contributed by atoms with Gasteiger partial charge in [-0.15, -0.1) is 0 Å². The van der Waals surface area contributed by atoms with E-state index in [1.54, 1.807) is 0 Å². The summed E-state index contributed by atoms with van der Waals surface area (Å²) in [5.74, 6) is 1.75. The van der Waals surface area contributed by atoms with Crippen molar-refractivity contribution < 1.29 is 8.78 Å². The van der Waals surface area contributed by atoms with Gasteiger partial charge in [0.25, 0.3) is 0 Å². The standard InChI is InChI=1S/C8H10F2.C2H6/c9-8(10)6-4-2-1-3-5-7-8;1-2/h1-4,6H2;1-2H3. The summed E-state index contributed by atoms with van der Waals surface area (Å²) in [6.07, 6.45) is 3.06. The van der Waals surface area contributed by atoms with E-state index in [1.165, 1.54) is 0 Å². The van der Waals surface area contributed by atoms with Crippen molar-refractivity contribution in [2.45, 2.75) is 51.9 Å². The van der Waals surface area contributed by atoms with Gasteiger partial charge in [0.05, 0.1) is 0 Å². The largest absolute Gasteiger partial charge is 0.308 e. The molecule has 0 saturated heterocycles. The molecule has 0 N–H and O–H groups in total. The molecule has 1 rings (SSSR count). The van der Waals surface area contributed by atoms with Gasteiger partial charge in [-0.25, -0.2) is 0 Å². The smallest absolute Gasteiger partial charge is 0.192 e. The number of rotatable bonds is 0. The van der Waals surface area contributed by atoms with E-state index in [4.69, 9.17) is 0 Å². The molecular weight excluding hydrogens is 158 g/mol. The fourth-order valence-electron chi connectivity index (χ4n) is 0.991. The van der Waals surface area contributed by atoms with Crippen LogP contribution in [0.5, 0.6) is 0 Å². The van der Waals surface area contributed by atoms with Gasteiger partial charge in [0, 0.05) is 12.8 Å². The molecule has 12 heavy (non-hydrogen) atoms. The number of alkyl halides is 2. The highest BCUT2D eigenvalue weighted by Crippen LogP contribution is 2.22. The van der Waals surface area contributed by atoms with Crippen LogP contribution in [0.1, 0.15) is 46.0 Å². The van der Waals surface area contributed by atoms with E-state index in [0.717, 1.165) is 12.8 Å². The average molecular weight is 174 g/mol. The number of hydrogen-bond acceptors (Lipinski definition) is 0. The monoisotopic (exact) mass is 174 g/mol. The maximum atomic E-state index is 12.5. The minimum atomic E-state index is -2.71. The minimum absolute atomic E-state index is 0.0556. The van der Waals surface area contributed by atoms with Gasteiger partial charge in [0.2, 0.25) is 0 Å². The van der Waals surface area contributed by atoms with Crippen LogP contribution in [0.2, 0.25) is 0 Å². The van der Waals surface area contributed by atoms with Crippen LogP contribution in [0.25, 0.3) is 0 Å². The van der Waals surface area contributed by atoms with Crippen molar-refractivity contribution in [3.8, 4) is 11.8 Å². The topological polar surface area (TPSA) is 0 Å². The summed E-state index contributed by atoms with van der Waals surface area (Å²) in [5.41, 5.74) is 0. The lowest BCUT2D eigenvalue weighted by atomic mass is 10.1. The van der Waals surface area contributed by atoms with Crippen molar-refractivity contribution >= 4 is 0 Å². The lowest BCUT2D eigenvalue weighted by molar-refractivity contribution is 0.0529. The molecule has 0 aromatic heterocycles. The molecule has 1 aliphatic rings. The van der Waals surface area contributed by atoms with Crippen molar-refractivity contribution in [2.75, 3.05) is 0 Å². The first-order chi connectivity index (χ1) is 5.71. The molecule has 0 spiro atoms. The second kappa shape index (κ2) is 5.99. The van der Waals surface area contributed by atoms with Crippen LogP contribution in [-0.4, -0.2) is 5.92 Å². The first-order valence-corrected chi connectivity index (χ1v) is 4.59. The molecule has 70 valence electrons. The van der Waals surface area contributed by atoms with Crippen LogP contribution in [-0.2, 0) is 0 Å². The summed E-state index contributed by atoms with van der Waals surface area (Å²) in [7, 11) is 0. The Morgan fingerprint density at radius 3 is 2.42 bits per heavy atom. The highest BCUT2D eigenvalue weighted by Gasteiger charge is 2.24. The normalized spacial score (nSPS) is 20.3. The predicted octanol–water partition coefficient (Wildman–Crippen LogP) is 3.62. The van der Waals surface area contributed by atoms with E-state index in [-0.39, 0.29) is 6.42 Å². The Kier molecular flexibility index (Phi) is 5.70. The second-order valence-electron chi connectivity index (χ2n) is 2.57. The maximum absolute atomic E-state index is 12.5. The van der Waals surface area contributed by atoms with E-state index >= 15 is 0 Å². The predicted molar refractivity (Wildman–Crippen MR) is 47.2 cm³/mol. The van der Waals surface area contributed by atoms with Gasteiger partial charge in [-0.05, 0) is 18.8 Å². The lowest BCUT2D eigenvalue weighted by Gasteiger charge is -2.09. The number of halogens is 2. The Morgan fingerprint density at radius 2 is 1.75 bits per heavy atom. The summed E-state index contributed by atoms with van der Waals surface area (Å²) in [5, 5.41) is 0. The molecular formula is C10H16F2. The fraction of sp³-hybridized carbons (Fsp3) is 0.800. The Balaban J connectivity index is 0.000000561. The van der Waals surface area contributed by atoms with Crippen molar-refractivity contribution in [3.63, 3.8) is 0 Å². The SMILES string of the molecule is CC.FC1(F)C#CCCCCC1. The van der Waals surface area contributed by atoms with Crippen LogP contribution in [0, 0.1) is 11.8 Å². The van der Waals surface area contributed by atoms with Crippen LogP contribution >= 0.6 is 0 Å². The highest BCUT2D eigenvalue weighted by molar-refractivity contribution is 5.09. The third kappa shape index (κ3) is 5.12. The van der Waals surface area contributed by atoms with Gasteiger partial charge >= 0.3 is 5.92 Å². The first kappa shape index (κ1) is 11.4. The number of hydrogen-bond donors (Lipinski definition) is 0. The van der Waals surface area contributed by atoms with Crippen molar-refractivity contribution in [2.24, 2.45) is 0 Å². The zero-order chi connectivity index (χ0) is 9.45. The second-order valence-corrected chi connectivity index (χ2v) is 2.57. The van der Waals surface area contributed by atoms with E-state index in [2.05, 4.69) is 5.92 Å². The lowest BCUT2D eigenvalue weighted by Crippen LogP contribution is -2.13. The third-order valence-corrected chi connectivity index (χ3v) is 1.56. The van der Waals surface area contributed by atoms with Crippen LogP contribution < -0.4 is 0 Å². The molecule has 0 heterocycles.